The van der Waals surface area contributed by atoms with Crippen LogP contribution in [-0.2, 0) is 0 Å². The lowest BCUT2D eigenvalue weighted by Crippen LogP contribution is -2.18. The molecule has 0 amide bonds. The third-order valence-electron chi connectivity index (χ3n) is 3.91. The van der Waals surface area contributed by atoms with Gasteiger partial charge < -0.3 is 15.0 Å². The van der Waals surface area contributed by atoms with Gasteiger partial charge in [0.05, 0.1) is 24.2 Å². The second-order valence-electron chi connectivity index (χ2n) is 5.06. The molecule has 1 saturated heterocycles. The quantitative estimate of drug-likeness (QED) is 0.828. The van der Waals surface area contributed by atoms with Gasteiger partial charge in [-0.2, -0.15) is 0 Å². The van der Waals surface area contributed by atoms with E-state index in [1.807, 2.05) is 18.2 Å². The first kappa shape index (κ1) is 9.48. The second-order valence-corrected chi connectivity index (χ2v) is 5.06. The highest BCUT2D eigenvalue weighted by Crippen LogP contribution is 2.45. The Hall–Kier alpha value is -1.55. The number of H-pyrrole nitrogens is 1. The lowest BCUT2D eigenvalue weighted by atomic mass is 10.2. The molecule has 4 rings (SSSR count). The number of aromatic nitrogens is 2. The molecule has 0 radical (unpaired) electrons. The summed E-state index contributed by atoms with van der Waals surface area (Å²) in [6.45, 7) is 0. The van der Waals surface area contributed by atoms with Crippen LogP contribution in [-0.4, -0.2) is 23.1 Å². The Morgan fingerprint density at radius 1 is 1.35 bits per heavy atom. The van der Waals surface area contributed by atoms with Gasteiger partial charge in [0.1, 0.15) is 11.6 Å². The Labute approximate surface area is 99.4 Å². The average molecular weight is 229 g/mol. The van der Waals surface area contributed by atoms with Gasteiger partial charge in [-0.3, -0.25) is 0 Å². The first-order valence-electron chi connectivity index (χ1n) is 6.13. The van der Waals surface area contributed by atoms with E-state index in [1.54, 1.807) is 7.11 Å². The summed E-state index contributed by atoms with van der Waals surface area (Å²) in [5.41, 5.74) is 2.07. The van der Waals surface area contributed by atoms with E-state index in [0.717, 1.165) is 34.6 Å². The van der Waals surface area contributed by atoms with Crippen LogP contribution in [0.15, 0.2) is 18.2 Å². The number of ether oxygens (including phenoxy) is 1. The van der Waals surface area contributed by atoms with Crippen LogP contribution >= 0.6 is 0 Å². The molecule has 4 heteroatoms. The lowest BCUT2D eigenvalue weighted by molar-refractivity contribution is 0.415. The molecule has 0 bridgehead atoms. The van der Waals surface area contributed by atoms with Gasteiger partial charge in [0, 0.05) is 12.1 Å². The fraction of sp³-hybridized carbons (Fsp3) is 0.462. The topological polar surface area (TPSA) is 49.9 Å². The summed E-state index contributed by atoms with van der Waals surface area (Å²) >= 11 is 0. The molecule has 88 valence electrons. The van der Waals surface area contributed by atoms with Gasteiger partial charge in [-0.1, -0.05) is 0 Å². The predicted molar refractivity (Wildman–Crippen MR) is 65.0 cm³/mol. The number of nitrogens with one attached hydrogen (secondary N) is 2. The molecule has 1 aromatic carbocycles. The van der Waals surface area contributed by atoms with E-state index < -0.39 is 0 Å². The zero-order valence-electron chi connectivity index (χ0n) is 9.73. The van der Waals surface area contributed by atoms with E-state index in [0.29, 0.717) is 6.04 Å². The van der Waals surface area contributed by atoms with Crippen molar-refractivity contribution in [2.45, 2.75) is 24.9 Å². The maximum atomic E-state index is 5.21. The van der Waals surface area contributed by atoms with Crippen molar-refractivity contribution >= 4 is 11.0 Å². The van der Waals surface area contributed by atoms with Gasteiger partial charge in [-0.25, -0.2) is 4.98 Å². The smallest absolute Gasteiger partial charge is 0.124 e. The molecule has 4 nitrogen and oxygen atoms in total. The Balaban J connectivity index is 1.71. The monoisotopic (exact) mass is 229 g/mol. The minimum atomic E-state index is 0.414. The van der Waals surface area contributed by atoms with E-state index >= 15 is 0 Å². The van der Waals surface area contributed by atoms with Crippen molar-refractivity contribution in [1.82, 2.24) is 15.3 Å². The fourth-order valence-electron chi connectivity index (χ4n) is 2.83. The van der Waals surface area contributed by atoms with Crippen molar-refractivity contribution in [3.05, 3.63) is 24.0 Å². The largest absolute Gasteiger partial charge is 0.497 e. The van der Waals surface area contributed by atoms with Crippen LogP contribution < -0.4 is 10.1 Å². The Bertz CT molecular complexity index is 567. The highest BCUT2D eigenvalue weighted by molar-refractivity contribution is 5.76. The minimum absolute atomic E-state index is 0.414. The number of hydrogen-bond donors (Lipinski definition) is 2. The molecule has 17 heavy (non-hydrogen) atoms. The van der Waals surface area contributed by atoms with E-state index in [1.165, 1.54) is 12.8 Å². The van der Waals surface area contributed by atoms with Gasteiger partial charge in [-0.05, 0) is 30.9 Å². The molecule has 1 unspecified atom stereocenters. The fourth-order valence-corrected chi connectivity index (χ4v) is 2.83. The summed E-state index contributed by atoms with van der Waals surface area (Å²) in [7, 11) is 1.68. The van der Waals surface area contributed by atoms with Gasteiger partial charge >= 0.3 is 0 Å². The molecule has 2 fully saturated rings. The third kappa shape index (κ3) is 1.44. The van der Waals surface area contributed by atoms with Crippen LogP contribution in [0.3, 0.4) is 0 Å². The molecule has 1 saturated carbocycles. The molecule has 1 aliphatic heterocycles. The molecule has 2 aromatic rings. The molecule has 2 aliphatic rings. The molecule has 0 spiro atoms. The van der Waals surface area contributed by atoms with Crippen molar-refractivity contribution in [1.29, 1.82) is 0 Å². The number of aromatic amines is 1. The molecule has 2 heterocycles. The number of hydrogen-bond acceptors (Lipinski definition) is 3. The van der Waals surface area contributed by atoms with Crippen LogP contribution in [0.25, 0.3) is 11.0 Å². The van der Waals surface area contributed by atoms with E-state index in [-0.39, 0.29) is 0 Å². The van der Waals surface area contributed by atoms with Gasteiger partial charge in [0.25, 0.3) is 0 Å². The first-order valence-corrected chi connectivity index (χ1v) is 6.13. The maximum Gasteiger partial charge on any atom is 0.124 e. The number of nitrogens with zero attached hydrogens (tertiary/aromatic N) is 1. The summed E-state index contributed by atoms with van der Waals surface area (Å²) in [6.07, 6.45) is 2.58. The number of imidazole rings is 1. The summed E-state index contributed by atoms with van der Waals surface area (Å²) in [5.74, 6) is 2.82. The zero-order chi connectivity index (χ0) is 11.4. The van der Waals surface area contributed by atoms with Crippen molar-refractivity contribution in [3.8, 4) is 5.75 Å². The Morgan fingerprint density at radius 3 is 3.06 bits per heavy atom. The van der Waals surface area contributed by atoms with E-state index in [4.69, 9.17) is 4.74 Å². The summed E-state index contributed by atoms with van der Waals surface area (Å²) < 4.78 is 5.21. The average Bonchev–Trinajstić information content (AvgIpc) is 2.80. The predicted octanol–water partition coefficient (Wildman–Crippen LogP) is 1.99. The first-order chi connectivity index (χ1) is 8.33. The molecular weight excluding hydrogens is 214 g/mol. The van der Waals surface area contributed by atoms with Crippen molar-refractivity contribution < 1.29 is 4.74 Å². The minimum Gasteiger partial charge on any atom is -0.497 e. The van der Waals surface area contributed by atoms with Crippen molar-refractivity contribution in [2.75, 3.05) is 7.11 Å². The van der Waals surface area contributed by atoms with Gasteiger partial charge in [0.15, 0.2) is 0 Å². The number of piperidine rings is 1. The van der Waals surface area contributed by atoms with Crippen LogP contribution in [0.4, 0.5) is 0 Å². The van der Waals surface area contributed by atoms with Gasteiger partial charge in [-0.15, -0.1) is 0 Å². The lowest BCUT2D eigenvalue weighted by Gasteiger charge is -2.08. The number of rotatable bonds is 2. The molecular formula is C13H15N3O. The molecule has 3 atom stereocenters. The Morgan fingerprint density at radius 2 is 2.29 bits per heavy atom. The Kier molecular flexibility index (Phi) is 1.80. The number of benzene rings is 1. The highest BCUT2D eigenvalue weighted by Gasteiger charge is 2.46. The SMILES string of the molecule is COc1ccc2[nH]c([C@@H]3C[C@H]4CC4N3)nc2c1. The van der Waals surface area contributed by atoms with Gasteiger partial charge in [0.2, 0.25) is 0 Å². The van der Waals surface area contributed by atoms with E-state index in [2.05, 4.69) is 15.3 Å². The maximum absolute atomic E-state index is 5.21. The summed E-state index contributed by atoms with van der Waals surface area (Å²) in [5, 5.41) is 3.61. The van der Waals surface area contributed by atoms with E-state index in [9.17, 15) is 0 Å². The van der Waals surface area contributed by atoms with Crippen molar-refractivity contribution in [3.63, 3.8) is 0 Å². The number of fused-ring (bicyclic) bond motifs is 2. The molecule has 2 N–H and O–H groups in total. The summed E-state index contributed by atoms with van der Waals surface area (Å²) in [6, 6.07) is 7.13. The number of methoxy groups -OCH3 is 1. The van der Waals surface area contributed by atoms with Crippen LogP contribution in [0, 0.1) is 5.92 Å². The molecule has 1 aliphatic carbocycles. The van der Waals surface area contributed by atoms with Crippen LogP contribution in [0.5, 0.6) is 5.75 Å². The van der Waals surface area contributed by atoms with Crippen LogP contribution in [0.1, 0.15) is 24.7 Å². The van der Waals surface area contributed by atoms with Crippen LogP contribution in [0.2, 0.25) is 0 Å². The molecule has 1 aromatic heterocycles. The second kappa shape index (κ2) is 3.23. The highest BCUT2D eigenvalue weighted by atomic mass is 16.5. The normalized spacial score (nSPS) is 30.5. The standard InChI is InChI=1S/C13H15N3O/c1-17-8-2-3-9-11(6-8)16-13(15-9)12-5-7-4-10(7)14-12/h2-3,6-7,10,12,14H,4-5H2,1H3,(H,15,16)/t7-,10?,12+/m1/s1. The summed E-state index contributed by atoms with van der Waals surface area (Å²) in [4.78, 5) is 8.06. The van der Waals surface area contributed by atoms with Crippen molar-refractivity contribution in [2.24, 2.45) is 5.92 Å². The third-order valence-corrected chi connectivity index (χ3v) is 3.91. The zero-order valence-corrected chi connectivity index (χ0v) is 9.73.